The van der Waals surface area contributed by atoms with E-state index >= 15 is 0 Å². The summed E-state index contributed by atoms with van der Waals surface area (Å²) >= 11 is 0. The van der Waals surface area contributed by atoms with E-state index in [1.165, 1.54) is 16.7 Å². The number of pyridine rings is 1. The monoisotopic (exact) mass is 407 g/mol. The highest BCUT2D eigenvalue weighted by atomic mass is 19.1. The summed E-state index contributed by atoms with van der Waals surface area (Å²) in [5.74, 6) is -1.03. The van der Waals surface area contributed by atoms with E-state index in [-0.39, 0.29) is 12.5 Å². The van der Waals surface area contributed by atoms with Gasteiger partial charge in [0.1, 0.15) is 12.4 Å². The van der Waals surface area contributed by atoms with E-state index in [1.54, 1.807) is 48.2 Å². The molecule has 30 heavy (non-hydrogen) atoms. The van der Waals surface area contributed by atoms with Gasteiger partial charge in [0.15, 0.2) is 0 Å². The maximum atomic E-state index is 13.7. The minimum Gasteiger partial charge on any atom is -0.339 e. The highest BCUT2D eigenvalue weighted by Crippen LogP contribution is 2.21. The van der Waals surface area contributed by atoms with Crippen molar-refractivity contribution in [2.45, 2.75) is 26.3 Å². The quantitative estimate of drug-likeness (QED) is 0.721. The third-order valence-corrected chi connectivity index (χ3v) is 5.40. The molecule has 0 bridgehead atoms. The van der Waals surface area contributed by atoms with Crippen LogP contribution in [0.2, 0.25) is 0 Å². The van der Waals surface area contributed by atoms with Gasteiger partial charge in [0.05, 0.1) is 11.1 Å². The lowest BCUT2D eigenvalue weighted by Crippen LogP contribution is -2.32. The molecule has 0 atom stereocenters. The zero-order valence-electron chi connectivity index (χ0n) is 16.7. The first-order valence-corrected chi connectivity index (χ1v) is 9.92. The van der Waals surface area contributed by atoms with E-state index in [0.717, 1.165) is 12.8 Å². The molecule has 0 saturated carbocycles. The van der Waals surface area contributed by atoms with Crippen LogP contribution < -0.4 is 10.9 Å². The number of benzene rings is 2. The number of aromatic nitrogens is 1. The van der Waals surface area contributed by atoms with Gasteiger partial charge in [-0.2, -0.15) is 0 Å². The molecular weight excluding hydrogens is 385 g/mol. The molecule has 0 radical (unpaired) electrons. The van der Waals surface area contributed by atoms with Crippen LogP contribution in [-0.2, 0) is 11.3 Å². The van der Waals surface area contributed by atoms with Crippen LogP contribution in [0, 0.1) is 12.7 Å². The molecule has 0 aliphatic carbocycles. The first-order valence-electron chi connectivity index (χ1n) is 9.92. The normalized spacial score (nSPS) is 13.6. The van der Waals surface area contributed by atoms with Crippen molar-refractivity contribution in [3.8, 4) is 0 Å². The van der Waals surface area contributed by atoms with Crippen LogP contribution in [-0.4, -0.2) is 34.4 Å². The summed E-state index contributed by atoms with van der Waals surface area (Å²) in [4.78, 5) is 40.0. The van der Waals surface area contributed by atoms with E-state index in [0.29, 0.717) is 40.8 Å². The maximum absolute atomic E-state index is 13.7. The Morgan fingerprint density at radius 1 is 1.07 bits per heavy atom. The number of halogens is 1. The molecule has 1 aliphatic heterocycles. The number of carbonyl (C=O) groups is 2. The Labute approximate surface area is 172 Å². The summed E-state index contributed by atoms with van der Waals surface area (Å²) in [5.41, 5.74) is 1.24. The summed E-state index contributed by atoms with van der Waals surface area (Å²) in [6.07, 6.45) is 1.92. The summed E-state index contributed by atoms with van der Waals surface area (Å²) in [7, 11) is 0. The Kier molecular flexibility index (Phi) is 5.35. The maximum Gasteiger partial charge on any atom is 0.254 e. The number of nitrogens with zero attached hydrogens (tertiary/aromatic N) is 2. The molecule has 1 N–H and O–H groups in total. The summed E-state index contributed by atoms with van der Waals surface area (Å²) in [5, 5.41) is 3.25. The van der Waals surface area contributed by atoms with Crippen LogP contribution in [0.4, 0.5) is 10.1 Å². The van der Waals surface area contributed by atoms with Gasteiger partial charge in [-0.15, -0.1) is 0 Å². The first-order chi connectivity index (χ1) is 14.4. The predicted molar refractivity (Wildman–Crippen MR) is 113 cm³/mol. The molecule has 1 fully saturated rings. The van der Waals surface area contributed by atoms with Gasteiger partial charge < -0.3 is 10.2 Å². The third kappa shape index (κ3) is 3.83. The fraction of sp³-hybridized carbons (Fsp3) is 0.261. The molecule has 6 nitrogen and oxygen atoms in total. The lowest BCUT2D eigenvalue weighted by molar-refractivity contribution is -0.116. The highest BCUT2D eigenvalue weighted by molar-refractivity contribution is 6.06. The van der Waals surface area contributed by atoms with Gasteiger partial charge in [-0.25, -0.2) is 4.39 Å². The average molecular weight is 407 g/mol. The van der Waals surface area contributed by atoms with Crippen LogP contribution in [0.25, 0.3) is 10.9 Å². The Bertz CT molecular complexity index is 1200. The molecule has 4 rings (SSSR count). The molecule has 2 aromatic carbocycles. The SMILES string of the molecule is Cc1ccc(NC(=O)Cn2c(=O)cc(C(=O)N3CCCC3)c3ccccc32)cc1F. The van der Waals surface area contributed by atoms with Crippen molar-refractivity contribution in [3.05, 3.63) is 75.8 Å². The fourth-order valence-electron chi connectivity index (χ4n) is 3.78. The molecule has 2 heterocycles. The second-order valence-electron chi connectivity index (χ2n) is 7.51. The number of aryl methyl sites for hydroxylation is 1. The third-order valence-electron chi connectivity index (χ3n) is 5.40. The second-order valence-corrected chi connectivity index (χ2v) is 7.51. The Morgan fingerprint density at radius 2 is 1.80 bits per heavy atom. The lowest BCUT2D eigenvalue weighted by atomic mass is 10.1. The minimum absolute atomic E-state index is 0.160. The standard InChI is InChI=1S/C23H22FN3O3/c1-15-8-9-16(12-19(15)24)25-21(28)14-27-20-7-3-2-6-17(20)18(13-22(27)29)23(30)26-10-4-5-11-26/h2-3,6-9,12-13H,4-5,10-11,14H2,1H3,(H,25,28). The molecule has 1 saturated heterocycles. The van der Waals surface area contributed by atoms with Gasteiger partial charge in [-0.05, 0) is 43.5 Å². The van der Waals surface area contributed by atoms with Gasteiger partial charge in [-0.3, -0.25) is 19.0 Å². The smallest absolute Gasteiger partial charge is 0.254 e. The number of para-hydroxylation sites is 1. The zero-order chi connectivity index (χ0) is 21.3. The van der Waals surface area contributed by atoms with Crippen molar-refractivity contribution in [2.75, 3.05) is 18.4 Å². The van der Waals surface area contributed by atoms with Crippen molar-refractivity contribution in [2.24, 2.45) is 0 Å². The van der Waals surface area contributed by atoms with Crippen LogP contribution >= 0.6 is 0 Å². The van der Waals surface area contributed by atoms with Crippen molar-refractivity contribution in [1.82, 2.24) is 9.47 Å². The lowest BCUT2D eigenvalue weighted by Gasteiger charge is -2.18. The first kappa shape index (κ1) is 19.8. The summed E-state index contributed by atoms with van der Waals surface area (Å²) in [6, 6.07) is 12.8. The highest BCUT2D eigenvalue weighted by Gasteiger charge is 2.23. The second kappa shape index (κ2) is 8.10. The van der Waals surface area contributed by atoms with Gasteiger partial charge >= 0.3 is 0 Å². The number of nitrogens with one attached hydrogen (secondary N) is 1. The van der Waals surface area contributed by atoms with Gasteiger partial charge in [0.25, 0.3) is 11.5 Å². The number of fused-ring (bicyclic) bond motifs is 1. The topological polar surface area (TPSA) is 71.4 Å². The van der Waals surface area contributed by atoms with Crippen LogP contribution in [0.5, 0.6) is 0 Å². The van der Waals surface area contributed by atoms with Crippen LogP contribution in [0.1, 0.15) is 28.8 Å². The molecule has 1 aromatic heterocycles. The largest absolute Gasteiger partial charge is 0.339 e. The number of hydrogen-bond acceptors (Lipinski definition) is 3. The molecule has 0 unspecified atom stereocenters. The number of carbonyl (C=O) groups excluding carboxylic acids is 2. The molecule has 154 valence electrons. The molecular formula is C23H22FN3O3. The summed E-state index contributed by atoms with van der Waals surface area (Å²) < 4.78 is 15.1. The van der Waals surface area contributed by atoms with E-state index in [1.807, 2.05) is 0 Å². The van der Waals surface area contributed by atoms with Gasteiger partial charge in [0, 0.05) is 30.2 Å². The Morgan fingerprint density at radius 3 is 2.53 bits per heavy atom. The van der Waals surface area contributed by atoms with Crippen molar-refractivity contribution < 1.29 is 14.0 Å². The number of rotatable bonds is 4. The zero-order valence-corrected chi connectivity index (χ0v) is 16.7. The van der Waals surface area contributed by atoms with E-state index < -0.39 is 17.3 Å². The summed E-state index contributed by atoms with van der Waals surface area (Å²) in [6.45, 7) is 2.77. The van der Waals surface area contributed by atoms with E-state index in [2.05, 4.69) is 5.32 Å². The predicted octanol–water partition coefficient (Wildman–Crippen LogP) is 3.32. The van der Waals surface area contributed by atoms with Crippen molar-refractivity contribution in [1.29, 1.82) is 0 Å². The molecule has 0 spiro atoms. The van der Waals surface area contributed by atoms with E-state index in [9.17, 15) is 18.8 Å². The van der Waals surface area contributed by atoms with Crippen LogP contribution in [0.15, 0.2) is 53.3 Å². The Hall–Kier alpha value is -3.48. The fourth-order valence-corrected chi connectivity index (χ4v) is 3.78. The van der Waals surface area contributed by atoms with Crippen molar-refractivity contribution >= 4 is 28.4 Å². The van der Waals surface area contributed by atoms with E-state index in [4.69, 9.17) is 0 Å². The van der Waals surface area contributed by atoms with Crippen molar-refractivity contribution in [3.63, 3.8) is 0 Å². The molecule has 2 amide bonds. The minimum atomic E-state index is -0.455. The van der Waals surface area contributed by atoms with Gasteiger partial charge in [0.2, 0.25) is 5.91 Å². The average Bonchev–Trinajstić information content (AvgIpc) is 3.27. The Balaban J connectivity index is 1.66. The number of amides is 2. The molecule has 7 heteroatoms. The van der Waals surface area contributed by atoms with Gasteiger partial charge in [-0.1, -0.05) is 24.3 Å². The number of likely N-dealkylation sites (tertiary alicyclic amines) is 1. The number of anilines is 1. The van der Waals surface area contributed by atoms with Crippen LogP contribution in [0.3, 0.4) is 0 Å². The molecule has 1 aliphatic rings. The molecule has 3 aromatic rings. The number of hydrogen-bond donors (Lipinski definition) is 1.